The van der Waals surface area contributed by atoms with E-state index >= 15 is 0 Å². The number of hydrogen-bond donors (Lipinski definition) is 1. The molecule has 0 saturated carbocycles. The van der Waals surface area contributed by atoms with Crippen LogP contribution >= 0.6 is 11.3 Å². The molecule has 1 saturated heterocycles. The third-order valence-corrected chi connectivity index (χ3v) is 7.67. The first-order chi connectivity index (χ1) is 12.4. The molecule has 2 atom stereocenters. The monoisotopic (exact) mass is 393 g/mol. The molecule has 2 aromatic rings. The van der Waals surface area contributed by atoms with Crippen molar-refractivity contribution in [2.45, 2.75) is 25.4 Å². The quantitative estimate of drug-likeness (QED) is 0.805. The fraction of sp³-hybridized carbons (Fsp3) is 0.421. The standard InChI is InChI=1S/C19H24N2O3S2/c1-14-5-7-15(8-6-14)19(17-4-3-10-25-17)20-12-18(22)21(2)16-9-11-26(23,24)13-16/h3-8,10,16,19-20H,9,11-13H2,1-2H3/p+1/t16-,19+/m1/s1. The highest BCUT2D eigenvalue weighted by Crippen LogP contribution is 2.23. The summed E-state index contributed by atoms with van der Waals surface area (Å²) in [5.41, 5.74) is 2.37. The van der Waals surface area contributed by atoms with Crippen molar-refractivity contribution in [3.8, 4) is 0 Å². The van der Waals surface area contributed by atoms with Gasteiger partial charge in [0.15, 0.2) is 16.4 Å². The summed E-state index contributed by atoms with van der Waals surface area (Å²) in [5, 5.41) is 4.08. The zero-order valence-electron chi connectivity index (χ0n) is 15.1. The van der Waals surface area contributed by atoms with Gasteiger partial charge in [0.25, 0.3) is 5.91 Å². The lowest BCUT2D eigenvalue weighted by atomic mass is 10.0. The van der Waals surface area contributed by atoms with Gasteiger partial charge in [0.1, 0.15) is 6.04 Å². The third-order valence-electron chi connectivity index (χ3n) is 4.96. The van der Waals surface area contributed by atoms with Crippen molar-refractivity contribution in [3.63, 3.8) is 0 Å². The van der Waals surface area contributed by atoms with E-state index in [1.807, 2.05) is 16.8 Å². The SMILES string of the molecule is Cc1ccc([C@H]([NH2+]CC(=O)N(C)[C@@H]2CCS(=O)(=O)C2)c2cccs2)cc1. The number of rotatable bonds is 6. The molecule has 7 heteroatoms. The van der Waals surface area contributed by atoms with Crippen LogP contribution in [0, 0.1) is 6.92 Å². The molecule has 0 aliphatic carbocycles. The predicted molar refractivity (Wildman–Crippen MR) is 104 cm³/mol. The van der Waals surface area contributed by atoms with Crippen molar-refractivity contribution in [2.24, 2.45) is 0 Å². The van der Waals surface area contributed by atoms with Crippen LogP contribution in [0.25, 0.3) is 0 Å². The molecule has 0 radical (unpaired) electrons. The average molecular weight is 394 g/mol. The van der Waals surface area contributed by atoms with Crippen LogP contribution in [0.1, 0.15) is 28.5 Å². The molecule has 0 unspecified atom stereocenters. The molecule has 1 aliphatic heterocycles. The van der Waals surface area contributed by atoms with Crippen molar-refractivity contribution < 1.29 is 18.5 Å². The number of quaternary nitrogens is 1. The Morgan fingerprint density at radius 1 is 1.31 bits per heavy atom. The Morgan fingerprint density at radius 3 is 2.62 bits per heavy atom. The van der Waals surface area contributed by atoms with Gasteiger partial charge in [0, 0.05) is 18.7 Å². The van der Waals surface area contributed by atoms with E-state index in [9.17, 15) is 13.2 Å². The van der Waals surface area contributed by atoms with Crippen LogP contribution in [0.3, 0.4) is 0 Å². The molecule has 5 nitrogen and oxygen atoms in total. The van der Waals surface area contributed by atoms with Gasteiger partial charge in [-0.2, -0.15) is 0 Å². The van der Waals surface area contributed by atoms with Crippen molar-refractivity contribution in [2.75, 3.05) is 25.1 Å². The van der Waals surface area contributed by atoms with Gasteiger partial charge in [-0.1, -0.05) is 35.9 Å². The lowest BCUT2D eigenvalue weighted by molar-refractivity contribution is -0.676. The maximum Gasteiger partial charge on any atom is 0.277 e. The van der Waals surface area contributed by atoms with Crippen LogP contribution in [0.4, 0.5) is 0 Å². The molecule has 2 heterocycles. The van der Waals surface area contributed by atoms with Crippen molar-refractivity contribution in [3.05, 3.63) is 57.8 Å². The van der Waals surface area contributed by atoms with Crippen LogP contribution < -0.4 is 5.32 Å². The Balaban J connectivity index is 1.68. The van der Waals surface area contributed by atoms with Crippen molar-refractivity contribution >= 4 is 27.1 Å². The van der Waals surface area contributed by atoms with E-state index in [2.05, 4.69) is 37.3 Å². The number of thiophene rings is 1. The summed E-state index contributed by atoms with van der Waals surface area (Å²) in [4.78, 5) is 15.4. The van der Waals surface area contributed by atoms with E-state index in [-0.39, 0.29) is 29.5 Å². The maximum absolute atomic E-state index is 12.6. The number of benzene rings is 1. The molecular formula is C19H25N2O3S2+. The predicted octanol–water partition coefficient (Wildman–Crippen LogP) is 1.35. The first-order valence-corrected chi connectivity index (χ1v) is 11.5. The summed E-state index contributed by atoms with van der Waals surface area (Å²) in [6.45, 7) is 2.35. The smallest absolute Gasteiger partial charge is 0.277 e. The van der Waals surface area contributed by atoms with Gasteiger partial charge < -0.3 is 10.2 Å². The van der Waals surface area contributed by atoms with Crippen molar-refractivity contribution in [1.29, 1.82) is 0 Å². The maximum atomic E-state index is 12.6. The molecule has 0 spiro atoms. The Bertz CT molecular complexity index is 845. The lowest BCUT2D eigenvalue weighted by Gasteiger charge is -2.23. The fourth-order valence-corrected chi connectivity index (χ4v) is 5.93. The summed E-state index contributed by atoms with van der Waals surface area (Å²) in [7, 11) is -1.27. The average Bonchev–Trinajstić information content (AvgIpc) is 3.25. The molecule has 1 fully saturated rings. The second kappa shape index (κ2) is 7.90. The number of carbonyl (C=O) groups excluding carboxylic acids is 1. The number of nitrogens with two attached hydrogens (primary N) is 1. The topological polar surface area (TPSA) is 71.1 Å². The van der Waals surface area contributed by atoms with E-state index < -0.39 is 9.84 Å². The zero-order valence-corrected chi connectivity index (χ0v) is 16.7. The Hall–Kier alpha value is -1.70. The van der Waals surface area contributed by atoms with E-state index in [1.54, 1.807) is 23.3 Å². The number of aryl methyl sites for hydroxylation is 1. The summed E-state index contributed by atoms with van der Waals surface area (Å²) >= 11 is 1.68. The van der Waals surface area contributed by atoms with Gasteiger partial charge in [-0.25, -0.2) is 8.42 Å². The molecule has 3 rings (SSSR count). The number of amides is 1. The van der Waals surface area contributed by atoms with Gasteiger partial charge in [0.2, 0.25) is 0 Å². The highest BCUT2D eigenvalue weighted by atomic mass is 32.2. The lowest BCUT2D eigenvalue weighted by Crippen LogP contribution is -2.87. The summed E-state index contributed by atoms with van der Waals surface area (Å²) in [6.07, 6.45) is 0.539. The Labute approximate surface area is 159 Å². The number of sulfone groups is 1. The van der Waals surface area contributed by atoms with E-state index in [4.69, 9.17) is 0 Å². The Morgan fingerprint density at radius 2 is 2.04 bits per heavy atom. The molecule has 1 aromatic carbocycles. The van der Waals surface area contributed by atoms with Crippen molar-refractivity contribution in [1.82, 2.24) is 4.90 Å². The van der Waals surface area contributed by atoms with Crippen LogP contribution in [-0.2, 0) is 14.6 Å². The number of hydrogen-bond acceptors (Lipinski definition) is 4. The Kier molecular flexibility index (Phi) is 5.79. The van der Waals surface area contributed by atoms with Gasteiger partial charge in [0.05, 0.1) is 16.4 Å². The molecule has 140 valence electrons. The molecule has 26 heavy (non-hydrogen) atoms. The van der Waals surface area contributed by atoms with Gasteiger partial charge >= 0.3 is 0 Å². The zero-order chi connectivity index (χ0) is 18.7. The van der Waals surface area contributed by atoms with Crippen LogP contribution in [-0.4, -0.2) is 50.4 Å². The summed E-state index contributed by atoms with van der Waals surface area (Å²) in [6, 6.07) is 12.4. The second-order valence-corrected chi connectivity index (χ2v) is 10.1. The summed E-state index contributed by atoms with van der Waals surface area (Å²) < 4.78 is 23.3. The van der Waals surface area contributed by atoms with Gasteiger partial charge in [-0.3, -0.25) is 4.79 Å². The van der Waals surface area contributed by atoms with Gasteiger partial charge in [-0.05, 0) is 24.8 Å². The van der Waals surface area contributed by atoms with E-state index in [0.29, 0.717) is 13.0 Å². The second-order valence-electron chi connectivity index (χ2n) is 6.91. The van der Waals surface area contributed by atoms with Crippen LogP contribution in [0.15, 0.2) is 41.8 Å². The first kappa shape index (κ1) is 19.1. The van der Waals surface area contributed by atoms with E-state index in [0.717, 1.165) is 5.56 Å². The number of likely N-dealkylation sites (N-methyl/N-ethyl adjacent to an activating group) is 1. The first-order valence-electron chi connectivity index (χ1n) is 8.75. The minimum atomic E-state index is -2.99. The van der Waals surface area contributed by atoms with Gasteiger partial charge in [-0.15, -0.1) is 11.3 Å². The minimum Gasteiger partial charge on any atom is -0.337 e. The largest absolute Gasteiger partial charge is 0.337 e. The minimum absolute atomic E-state index is 0.0271. The molecule has 1 amide bonds. The number of carbonyl (C=O) groups is 1. The fourth-order valence-electron chi connectivity index (χ4n) is 3.31. The molecular weight excluding hydrogens is 368 g/mol. The molecule has 1 aliphatic rings. The molecule has 2 N–H and O–H groups in total. The molecule has 0 bridgehead atoms. The van der Waals surface area contributed by atoms with Crippen LogP contribution in [0.2, 0.25) is 0 Å². The summed E-state index contributed by atoms with van der Waals surface area (Å²) in [5.74, 6) is 0.239. The highest BCUT2D eigenvalue weighted by Gasteiger charge is 2.33. The van der Waals surface area contributed by atoms with E-state index in [1.165, 1.54) is 10.4 Å². The normalized spacial score (nSPS) is 20.0. The molecule has 1 aromatic heterocycles. The third kappa shape index (κ3) is 4.52. The number of nitrogens with zero attached hydrogens (tertiary/aromatic N) is 1. The highest BCUT2D eigenvalue weighted by molar-refractivity contribution is 7.91. The van der Waals surface area contributed by atoms with Crippen LogP contribution in [0.5, 0.6) is 0 Å².